The van der Waals surface area contributed by atoms with Crippen LogP contribution in [0.2, 0.25) is 0 Å². The quantitative estimate of drug-likeness (QED) is 0.861. The summed E-state index contributed by atoms with van der Waals surface area (Å²) in [6.07, 6.45) is 7.06. The van der Waals surface area contributed by atoms with Crippen molar-refractivity contribution in [1.82, 2.24) is 15.1 Å². The minimum atomic E-state index is -0.295. The highest BCUT2D eigenvalue weighted by Gasteiger charge is 2.20. The Labute approximate surface area is 153 Å². The Balaban J connectivity index is 1.37. The average molecular weight is 353 g/mol. The van der Waals surface area contributed by atoms with Crippen molar-refractivity contribution in [1.29, 1.82) is 0 Å². The van der Waals surface area contributed by atoms with E-state index in [9.17, 15) is 9.59 Å². The molecule has 0 atom stereocenters. The summed E-state index contributed by atoms with van der Waals surface area (Å²) in [7, 11) is 0. The second-order valence-corrected chi connectivity index (χ2v) is 6.19. The lowest BCUT2D eigenvalue weighted by atomic mass is 10.2. The zero-order valence-corrected chi connectivity index (χ0v) is 14.6. The van der Waals surface area contributed by atoms with E-state index in [4.69, 9.17) is 4.42 Å². The molecule has 1 aromatic carbocycles. The number of amides is 2. The van der Waals surface area contributed by atoms with Crippen molar-refractivity contribution in [3.63, 3.8) is 0 Å². The van der Waals surface area contributed by atoms with Crippen molar-refractivity contribution in [2.75, 3.05) is 39.3 Å². The monoisotopic (exact) mass is 353 g/mol. The number of nitrogens with zero attached hydrogens (tertiary/aromatic N) is 2. The van der Waals surface area contributed by atoms with E-state index in [1.54, 1.807) is 11.0 Å². The van der Waals surface area contributed by atoms with E-state index >= 15 is 0 Å². The van der Waals surface area contributed by atoms with E-state index in [0.717, 1.165) is 19.6 Å². The maximum Gasteiger partial charge on any atom is 0.254 e. The predicted octanol–water partition coefficient (Wildman–Crippen LogP) is 1.87. The number of carbonyl (C=O) groups excluding carboxylic acids is 2. The lowest BCUT2D eigenvalue weighted by molar-refractivity contribution is -0.131. The van der Waals surface area contributed by atoms with Gasteiger partial charge in [-0.1, -0.05) is 42.5 Å². The van der Waals surface area contributed by atoms with Crippen molar-refractivity contribution < 1.29 is 14.0 Å². The van der Waals surface area contributed by atoms with Crippen LogP contribution in [0.1, 0.15) is 15.9 Å². The van der Waals surface area contributed by atoms with Crippen LogP contribution < -0.4 is 5.32 Å². The summed E-state index contributed by atoms with van der Waals surface area (Å²) in [4.78, 5) is 28.2. The van der Waals surface area contributed by atoms with Gasteiger partial charge in [0.2, 0.25) is 5.91 Å². The van der Waals surface area contributed by atoms with Gasteiger partial charge in [-0.3, -0.25) is 14.5 Å². The zero-order valence-electron chi connectivity index (χ0n) is 14.6. The molecule has 0 spiro atoms. The van der Waals surface area contributed by atoms with Gasteiger partial charge in [0.1, 0.15) is 6.26 Å². The number of nitrogens with one attached hydrogen (secondary N) is 1. The molecule has 136 valence electrons. The molecule has 1 N–H and O–H groups in total. The van der Waals surface area contributed by atoms with Crippen molar-refractivity contribution >= 4 is 17.9 Å². The maximum atomic E-state index is 12.2. The van der Waals surface area contributed by atoms with Crippen molar-refractivity contribution in [2.24, 2.45) is 0 Å². The lowest BCUT2D eigenvalue weighted by Gasteiger charge is -2.34. The molecule has 1 aliphatic rings. The molecule has 1 aromatic heterocycles. The SMILES string of the molecule is O=C(NCC(=O)N1CCN(C/C=C/c2ccccc2)CC1)c1ccoc1. The number of rotatable bonds is 6. The Kier molecular flexibility index (Phi) is 6.22. The average Bonchev–Trinajstić information content (AvgIpc) is 3.22. The number of hydrogen-bond donors (Lipinski definition) is 1. The van der Waals surface area contributed by atoms with Crippen LogP contribution in [0.3, 0.4) is 0 Å². The molecule has 3 rings (SSSR count). The van der Waals surface area contributed by atoms with Crippen LogP contribution in [-0.2, 0) is 4.79 Å². The second kappa shape index (κ2) is 9.01. The van der Waals surface area contributed by atoms with Gasteiger partial charge in [0.15, 0.2) is 0 Å². The lowest BCUT2D eigenvalue weighted by Crippen LogP contribution is -2.51. The summed E-state index contributed by atoms with van der Waals surface area (Å²) in [6, 6.07) is 11.8. The summed E-state index contributed by atoms with van der Waals surface area (Å²) >= 11 is 0. The Bertz CT molecular complexity index is 733. The number of benzene rings is 1. The van der Waals surface area contributed by atoms with Gasteiger partial charge >= 0.3 is 0 Å². The summed E-state index contributed by atoms with van der Waals surface area (Å²) in [5, 5.41) is 2.63. The van der Waals surface area contributed by atoms with Gasteiger partial charge < -0.3 is 14.6 Å². The third-order valence-corrected chi connectivity index (χ3v) is 4.38. The standard InChI is InChI=1S/C20H23N3O3/c24-19(15-21-20(25)18-8-14-26-16-18)23-12-10-22(11-13-23)9-4-7-17-5-2-1-3-6-17/h1-8,14,16H,9-13,15H2,(H,21,25)/b7-4+. The third-order valence-electron chi connectivity index (χ3n) is 4.38. The largest absolute Gasteiger partial charge is 0.472 e. The fraction of sp³-hybridized carbons (Fsp3) is 0.300. The minimum Gasteiger partial charge on any atom is -0.472 e. The van der Waals surface area contributed by atoms with Gasteiger partial charge in [-0.15, -0.1) is 0 Å². The molecule has 6 heteroatoms. The van der Waals surface area contributed by atoms with E-state index in [1.165, 1.54) is 18.1 Å². The van der Waals surface area contributed by atoms with Crippen LogP contribution in [-0.4, -0.2) is 60.9 Å². The molecule has 1 fully saturated rings. The van der Waals surface area contributed by atoms with E-state index in [2.05, 4.69) is 34.5 Å². The van der Waals surface area contributed by atoms with Crippen molar-refractivity contribution in [2.45, 2.75) is 0 Å². The van der Waals surface area contributed by atoms with Crippen molar-refractivity contribution in [3.8, 4) is 0 Å². The highest BCUT2D eigenvalue weighted by atomic mass is 16.3. The number of hydrogen-bond acceptors (Lipinski definition) is 4. The molecule has 2 aromatic rings. The maximum absolute atomic E-state index is 12.2. The second-order valence-electron chi connectivity index (χ2n) is 6.19. The molecule has 0 aliphatic carbocycles. The molecule has 2 amide bonds. The summed E-state index contributed by atoms with van der Waals surface area (Å²) in [5.74, 6) is -0.349. The predicted molar refractivity (Wildman–Crippen MR) is 99.5 cm³/mol. The Morgan fingerprint density at radius 2 is 1.85 bits per heavy atom. The molecule has 2 heterocycles. The smallest absolute Gasteiger partial charge is 0.254 e. The van der Waals surface area contributed by atoms with E-state index in [1.807, 2.05) is 18.2 Å². The van der Waals surface area contributed by atoms with Crippen LogP contribution in [0.15, 0.2) is 59.4 Å². The van der Waals surface area contributed by atoms with Crippen LogP contribution in [0.5, 0.6) is 0 Å². The van der Waals surface area contributed by atoms with Crippen LogP contribution in [0.25, 0.3) is 6.08 Å². The topological polar surface area (TPSA) is 65.8 Å². The molecule has 1 saturated heterocycles. The molecule has 0 radical (unpaired) electrons. The Hall–Kier alpha value is -2.86. The van der Waals surface area contributed by atoms with Crippen LogP contribution >= 0.6 is 0 Å². The van der Waals surface area contributed by atoms with Crippen LogP contribution in [0, 0.1) is 0 Å². The van der Waals surface area contributed by atoms with Gasteiger partial charge in [0.05, 0.1) is 18.4 Å². The number of furan rings is 1. The van der Waals surface area contributed by atoms with Crippen molar-refractivity contribution in [3.05, 3.63) is 66.1 Å². The molecular weight excluding hydrogens is 330 g/mol. The first-order chi connectivity index (χ1) is 12.7. The molecule has 1 aliphatic heterocycles. The van der Waals surface area contributed by atoms with E-state index < -0.39 is 0 Å². The summed E-state index contributed by atoms with van der Waals surface area (Å²) in [6.45, 7) is 3.91. The molecule has 6 nitrogen and oxygen atoms in total. The van der Waals surface area contributed by atoms with Gasteiger partial charge in [-0.25, -0.2) is 0 Å². The first-order valence-corrected chi connectivity index (χ1v) is 8.74. The van der Waals surface area contributed by atoms with Gasteiger partial charge in [-0.05, 0) is 11.6 Å². The van der Waals surface area contributed by atoms with E-state index in [0.29, 0.717) is 18.7 Å². The first-order valence-electron chi connectivity index (χ1n) is 8.74. The fourth-order valence-corrected chi connectivity index (χ4v) is 2.85. The Morgan fingerprint density at radius 1 is 1.08 bits per heavy atom. The van der Waals surface area contributed by atoms with E-state index in [-0.39, 0.29) is 18.4 Å². The third kappa shape index (κ3) is 5.07. The molecular formula is C20H23N3O3. The number of piperazine rings is 1. The van der Waals surface area contributed by atoms with Gasteiger partial charge in [0.25, 0.3) is 5.91 Å². The van der Waals surface area contributed by atoms with Crippen LogP contribution in [0.4, 0.5) is 0 Å². The normalized spacial score (nSPS) is 15.3. The molecule has 26 heavy (non-hydrogen) atoms. The highest BCUT2D eigenvalue weighted by Crippen LogP contribution is 2.05. The molecule has 0 unspecified atom stereocenters. The number of carbonyl (C=O) groups is 2. The minimum absolute atomic E-state index is 0.0118. The first kappa shape index (κ1) is 17.9. The Morgan fingerprint density at radius 3 is 2.54 bits per heavy atom. The summed E-state index contributed by atoms with van der Waals surface area (Å²) in [5.41, 5.74) is 1.61. The summed E-state index contributed by atoms with van der Waals surface area (Å²) < 4.78 is 4.86. The zero-order chi connectivity index (χ0) is 18.2. The highest BCUT2D eigenvalue weighted by molar-refractivity contribution is 5.96. The van der Waals surface area contributed by atoms with Gasteiger partial charge in [-0.2, -0.15) is 0 Å². The molecule has 0 saturated carbocycles. The van der Waals surface area contributed by atoms with Gasteiger partial charge in [0, 0.05) is 32.7 Å². The molecule has 0 bridgehead atoms. The fourth-order valence-electron chi connectivity index (χ4n) is 2.85.